The first-order chi connectivity index (χ1) is 8.80. The Kier molecular flexibility index (Phi) is 2.69. The fraction of sp³-hybridized carbons (Fsp3) is 0.357. The van der Waals surface area contributed by atoms with E-state index in [0.717, 1.165) is 12.0 Å². The van der Waals surface area contributed by atoms with Crippen LogP contribution in [0.5, 0.6) is 0 Å². The molecule has 0 aromatic heterocycles. The van der Waals surface area contributed by atoms with Gasteiger partial charge in [0.05, 0.1) is 6.61 Å². The lowest BCUT2D eigenvalue weighted by atomic mass is 10.1. The summed E-state index contributed by atoms with van der Waals surface area (Å²) < 4.78 is 10.7. The highest BCUT2D eigenvalue weighted by atomic mass is 16.6. The fourth-order valence-corrected chi connectivity index (χ4v) is 2.15. The molecule has 2 aliphatic rings. The number of ether oxygens (including phenoxy) is 2. The Hall–Kier alpha value is -1.99. The van der Waals surface area contributed by atoms with Gasteiger partial charge < -0.3 is 9.47 Å². The average Bonchev–Trinajstić information content (AvgIpc) is 2.77. The van der Waals surface area contributed by atoms with Gasteiger partial charge in [-0.25, -0.2) is 4.79 Å². The Balaban J connectivity index is 1.90. The molecule has 1 aromatic rings. The summed E-state index contributed by atoms with van der Waals surface area (Å²) in [6, 6.07) is 9.65. The van der Waals surface area contributed by atoms with Gasteiger partial charge >= 0.3 is 6.09 Å². The van der Waals surface area contributed by atoms with Crippen molar-refractivity contribution in [2.24, 2.45) is 0 Å². The van der Waals surface area contributed by atoms with Crippen molar-refractivity contribution >= 4 is 6.09 Å². The van der Waals surface area contributed by atoms with Crippen LogP contribution in [0, 0.1) is 11.8 Å². The lowest BCUT2D eigenvalue weighted by molar-refractivity contribution is -0.106. The molecule has 2 fully saturated rings. The minimum atomic E-state index is -0.884. The first-order valence-corrected chi connectivity index (χ1v) is 5.97. The maximum absolute atomic E-state index is 11.6. The summed E-state index contributed by atoms with van der Waals surface area (Å²) in [6.07, 6.45) is 0.487. The molecule has 0 unspecified atom stereocenters. The molecular formula is C14H13NO3. The molecule has 0 bridgehead atoms. The summed E-state index contributed by atoms with van der Waals surface area (Å²) in [5.41, 5.74) is 0.0193. The SMILES string of the molecule is O=C1OC[C@]2(C#Cc3ccccc3)OCCCN12. The van der Waals surface area contributed by atoms with Crippen LogP contribution >= 0.6 is 0 Å². The van der Waals surface area contributed by atoms with Crippen molar-refractivity contribution < 1.29 is 14.3 Å². The molecule has 2 saturated heterocycles. The van der Waals surface area contributed by atoms with Crippen LogP contribution in [0.2, 0.25) is 0 Å². The Morgan fingerprint density at radius 1 is 1.28 bits per heavy atom. The van der Waals surface area contributed by atoms with Crippen molar-refractivity contribution in [3.05, 3.63) is 35.9 Å². The van der Waals surface area contributed by atoms with Crippen molar-refractivity contribution in [1.29, 1.82) is 0 Å². The lowest BCUT2D eigenvalue weighted by Gasteiger charge is -2.34. The third kappa shape index (κ3) is 1.83. The van der Waals surface area contributed by atoms with Gasteiger partial charge in [-0.15, -0.1) is 0 Å². The van der Waals surface area contributed by atoms with Gasteiger partial charge in [-0.1, -0.05) is 24.1 Å². The van der Waals surface area contributed by atoms with Gasteiger partial charge in [0.15, 0.2) is 6.61 Å². The van der Waals surface area contributed by atoms with E-state index in [4.69, 9.17) is 9.47 Å². The van der Waals surface area contributed by atoms with Crippen LogP contribution in [0.15, 0.2) is 30.3 Å². The molecule has 2 heterocycles. The van der Waals surface area contributed by atoms with Gasteiger partial charge in [-0.05, 0) is 24.5 Å². The van der Waals surface area contributed by atoms with Crippen molar-refractivity contribution in [1.82, 2.24) is 4.90 Å². The monoisotopic (exact) mass is 243 g/mol. The van der Waals surface area contributed by atoms with E-state index in [-0.39, 0.29) is 12.7 Å². The quantitative estimate of drug-likeness (QED) is 0.650. The van der Waals surface area contributed by atoms with Crippen molar-refractivity contribution in [2.75, 3.05) is 19.8 Å². The largest absolute Gasteiger partial charge is 0.443 e. The molecule has 0 saturated carbocycles. The Morgan fingerprint density at radius 3 is 2.94 bits per heavy atom. The summed E-state index contributed by atoms with van der Waals surface area (Å²) in [7, 11) is 0. The van der Waals surface area contributed by atoms with Gasteiger partial charge in [0.2, 0.25) is 5.72 Å². The highest BCUT2D eigenvalue weighted by Crippen LogP contribution is 2.29. The number of benzene rings is 1. The minimum Gasteiger partial charge on any atom is -0.443 e. The number of amides is 1. The number of rotatable bonds is 0. The van der Waals surface area contributed by atoms with Crippen molar-refractivity contribution in [3.63, 3.8) is 0 Å². The van der Waals surface area contributed by atoms with E-state index in [1.807, 2.05) is 30.3 Å². The predicted molar refractivity (Wildman–Crippen MR) is 64.7 cm³/mol. The van der Waals surface area contributed by atoms with Crippen molar-refractivity contribution in [2.45, 2.75) is 12.1 Å². The molecular weight excluding hydrogens is 230 g/mol. The third-order valence-electron chi connectivity index (χ3n) is 3.09. The van der Waals surface area contributed by atoms with Crippen LogP contribution in [0.3, 0.4) is 0 Å². The number of nitrogens with zero attached hydrogens (tertiary/aromatic N) is 1. The van der Waals surface area contributed by atoms with Gasteiger partial charge in [0.1, 0.15) is 0 Å². The summed E-state index contributed by atoms with van der Waals surface area (Å²) in [5, 5.41) is 0. The second-order valence-electron chi connectivity index (χ2n) is 4.31. The predicted octanol–water partition coefficient (Wildman–Crippen LogP) is 1.61. The van der Waals surface area contributed by atoms with E-state index in [1.165, 1.54) is 0 Å². The van der Waals surface area contributed by atoms with Crippen LogP contribution in [-0.4, -0.2) is 36.5 Å². The van der Waals surface area contributed by atoms with Gasteiger partial charge in [-0.3, -0.25) is 4.90 Å². The Bertz CT molecular complexity index is 517. The zero-order valence-corrected chi connectivity index (χ0v) is 9.89. The molecule has 18 heavy (non-hydrogen) atoms. The summed E-state index contributed by atoms with van der Waals surface area (Å²) in [6.45, 7) is 1.44. The van der Waals surface area contributed by atoms with E-state index in [2.05, 4.69) is 11.8 Å². The normalized spacial score (nSPS) is 26.0. The highest BCUT2D eigenvalue weighted by molar-refractivity contribution is 5.72. The third-order valence-corrected chi connectivity index (χ3v) is 3.09. The molecule has 1 aromatic carbocycles. The van der Waals surface area contributed by atoms with E-state index in [1.54, 1.807) is 4.90 Å². The van der Waals surface area contributed by atoms with E-state index >= 15 is 0 Å². The Labute approximate surface area is 105 Å². The molecule has 0 N–H and O–H groups in total. The number of hydrogen-bond donors (Lipinski definition) is 0. The van der Waals surface area contributed by atoms with Crippen LogP contribution in [0.4, 0.5) is 4.79 Å². The summed E-state index contributed by atoms with van der Waals surface area (Å²) in [5.74, 6) is 6.10. The summed E-state index contributed by atoms with van der Waals surface area (Å²) in [4.78, 5) is 13.2. The molecule has 0 aliphatic carbocycles. The molecule has 3 rings (SSSR count). The zero-order valence-electron chi connectivity index (χ0n) is 9.89. The molecule has 1 atom stereocenters. The second-order valence-corrected chi connectivity index (χ2v) is 4.31. The summed E-state index contributed by atoms with van der Waals surface area (Å²) >= 11 is 0. The molecule has 4 heteroatoms. The molecule has 2 aliphatic heterocycles. The molecule has 1 amide bonds. The van der Waals surface area contributed by atoms with Crippen LogP contribution in [-0.2, 0) is 9.47 Å². The van der Waals surface area contributed by atoms with E-state index in [0.29, 0.717) is 13.2 Å². The van der Waals surface area contributed by atoms with Crippen LogP contribution in [0.1, 0.15) is 12.0 Å². The molecule has 4 nitrogen and oxygen atoms in total. The van der Waals surface area contributed by atoms with E-state index in [9.17, 15) is 4.79 Å². The fourth-order valence-electron chi connectivity index (χ4n) is 2.15. The number of carbonyl (C=O) groups excluding carboxylic acids is 1. The van der Waals surface area contributed by atoms with Crippen LogP contribution in [0.25, 0.3) is 0 Å². The maximum atomic E-state index is 11.6. The highest BCUT2D eigenvalue weighted by Gasteiger charge is 2.49. The number of carbonyl (C=O) groups is 1. The number of hydrogen-bond acceptors (Lipinski definition) is 3. The van der Waals surface area contributed by atoms with Gasteiger partial charge in [0.25, 0.3) is 0 Å². The first-order valence-electron chi connectivity index (χ1n) is 5.97. The molecule has 92 valence electrons. The van der Waals surface area contributed by atoms with Gasteiger partial charge in [-0.2, -0.15) is 0 Å². The Morgan fingerprint density at radius 2 is 2.11 bits per heavy atom. The number of fused-ring (bicyclic) bond motifs is 1. The van der Waals surface area contributed by atoms with E-state index < -0.39 is 5.72 Å². The topological polar surface area (TPSA) is 38.8 Å². The van der Waals surface area contributed by atoms with Crippen LogP contribution < -0.4 is 0 Å². The smallest absolute Gasteiger partial charge is 0.413 e. The maximum Gasteiger partial charge on any atom is 0.413 e. The molecule has 0 radical (unpaired) electrons. The first kappa shape index (κ1) is 11.1. The zero-order chi connectivity index (χ0) is 12.4. The second kappa shape index (κ2) is 4.35. The average molecular weight is 243 g/mol. The van der Waals surface area contributed by atoms with Crippen molar-refractivity contribution in [3.8, 4) is 11.8 Å². The standard InChI is InChI=1S/C14H13NO3/c16-13-15-9-4-10-18-14(15,11-17-13)8-7-12-5-2-1-3-6-12/h1-3,5-6H,4,9-11H2/t14-/m0/s1. The molecule has 0 spiro atoms. The lowest BCUT2D eigenvalue weighted by Crippen LogP contribution is -2.52. The number of cyclic esters (lactones) is 1. The van der Waals surface area contributed by atoms with Gasteiger partial charge in [0, 0.05) is 12.1 Å². The minimum absolute atomic E-state index is 0.186.